The molecule has 0 amide bonds. The molecule has 1 N–H and O–H groups in total. The minimum atomic E-state index is -4.43. The first-order chi connectivity index (χ1) is 22.4. The minimum Gasteiger partial charge on any atom is -0.387 e. The zero-order valence-electron chi connectivity index (χ0n) is 25.1. The largest absolute Gasteiger partial charge is 0.416 e. The number of nitrogens with zero attached hydrogens (tertiary/aromatic N) is 2. The van der Waals surface area contributed by atoms with Gasteiger partial charge in [0, 0.05) is 23.5 Å². The summed E-state index contributed by atoms with van der Waals surface area (Å²) in [5.74, 6) is 0. The van der Waals surface area contributed by atoms with Gasteiger partial charge in [-0.3, -0.25) is 4.90 Å². The Morgan fingerprint density at radius 1 is 0.652 bits per heavy atom. The monoisotopic (exact) mass is 614 g/mol. The maximum atomic E-state index is 13.3. The van der Waals surface area contributed by atoms with Crippen molar-refractivity contribution >= 4 is 10.9 Å². The summed E-state index contributed by atoms with van der Waals surface area (Å²) in [6.45, 7) is 0.759. The Balaban J connectivity index is 1.39. The van der Waals surface area contributed by atoms with Crippen molar-refractivity contribution in [2.75, 3.05) is 6.54 Å². The average molecular weight is 615 g/mol. The van der Waals surface area contributed by atoms with Crippen LogP contribution in [0.3, 0.4) is 0 Å². The first-order valence-electron chi connectivity index (χ1n) is 15.6. The van der Waals surface area contributed by atoms with Crippen molar-refractivity contribution in [1.29, 1.82) is 0 Å². The average Bonchev–Trinajstić information content (AvgIpc) is 3.59. The zero-order chi connectivity index (χ0) is 31.7. The summed E-state index contributed by atoms with van der Waals surface area (Å²) in [5.41, 5.74) is 4.39. The lowest BCUT2D eigenvalue weighted by molar-refractivity contribution is -0.137. The lowest BCUT2D eigenvalue weighted by Crippen LogP contribution is -2.52. The first kappa shape index (κ1) is 29.9. The summed E-state index contributed by atoms with van der Waals surface area (Å²) in [5, 5.41) is 13.3. The smallest absolute Gasteiger partial charge is 0.387 e. The van der Waals surface area contributed by atoms with Crippen molar-refractivity contribution in [3.8, 4) is 11.3 Å². The normalized spacial score (nSPS) is 16.5. The van der Waals surface area contributed by atoms with Crippen LogP contribution in [0.1, 0.15) is 46.8 Å². The number of likely N-dealkylation sites (tertiary alicyclic amines) is 1. The Morgan fingerprint density at radius 2 is 1.17 bits per heavy atom. The molecule has 2 atom stereocenters. The lowest BCUT2D eigenvalue weighted by atomic mass is 9.74. The predicted octanol–water partition coefficient (Wildman–Crippen LogP) is 9.41. The number of aliphatic hydroxyl groups excluding tert-OH is 1. The van der Waals surface area contributed by atoms with Crippen molar-refractivity contribution in [2.45, 2.75) is 36.7 Å². The molecular formula is C40H33F3N2O. The third-order valence-corrected chi connectivity index (χ3v) is 9.24. The summed E-state index contributed by atoms with van der Waals surface area (Å²) in [6.07, 6.45) is -3.67. The maximum absolute atomic E-state index is 13.3. The van der Waals surface area contributed by atoms with Crippen LogP contribution in [0, 0.1) is 0 Å². The van der Waals surface area contributed by atoms with E-state index in [1.807, 2.05) is 48.5 Å². The van der Waals surface area contributed by atoms with E-state index < -0.39 is 23.4 Å². The molecule has 1 aliphatic rings. The van der Waals surface area contributed by atoms with Gasteiger partial charge in [0.05, 0.1) is 28.4 Å². The number of para-hydroxylation sites is 1. The molecule has 1 saturated heterocycles. The number of pyridine rings is 1. The Bertz CT molecular complexity index is 1830. The van der Waals surface area contributed by atoms with E-state index in [1.54, 1.807) is 0 Å². The molecule has 0 spiro atoms. The number of hydrogen-bond acceptors (Lipinski definition) is 3. The summed E-state index contributed by atoms with van der Waals surface area (Å²) in [7, 11) is 0. The van der Waals surface area contributed by atoms with E-state index in [2.05, 4.69) is 77.7 Å². The zero-order valence-corrected chi connectivity index (χ0v) is 25.1. The lowest BCUT2D eigenvalue weighted by Gasteiger charge is -2.47. The number of aliphatic hydroxyl groups is 1. The van der Waals surface area contributed by atoms with Gasteiger partial charge in [0.15, 0.2) is 0 Å². The number of hydrogen-bond donors (Lipinski definition) is 1. The van der Waals surface area contributed by atoms with E-state index in [0.29, 0.717) is 22.3 Å². The van der Waals surface area contributed by atoms with Gasteiger partial charge in [-0.2, -0.15) is 13.2 Å². The first-order valence-corrected chi connectivity index (χ1v) is 15.6. The van der Waals surface area contributed by atoms with Crippen LogP contribution in [0.5, 0.6) is 0 Å². The highest BCUT2D eigenvalue weighted by Gasteiger charge is 2.49. The van der Waals surface area contributed by atoms with Crippen LogP contribution in [0.25, 0.3) is 22.2 Å². The molecule has 1 aromatic heterocycles. The molecule has 1 aliphatic heterocycles. The standard InChI is InChI=1S/C40H33F3N2O/c41-40(42,43)32-24-22-28(23-25-32)36-27-34(33-19-10-11-20-35(33)44-36)38(46)37-21-12-26-45(37)39(29-13-4-1-5-14-29,30-15-6-2-7-16-30)31-17-8-3-9-18-31/h1-11,13-20,22-25,27,37-38,46H,12,21,26H2. The predicted molar refractivity (Wildman–Crippen MR) is 176 cm³/mol. The van der Waals surface area contributed by atoms with Crippen LogP contribution >= 0.6 is 0 Å². The van der Waals surface area contributed by atoms with Gasteiger partial charge < -0.3 is 5.11 Å². The third kappa shape index (κ3) is 5.27. The fraction of sp³-hybridized carbons (Fsp3) is 0.175. The molecule has 7 rings (SSSR count). The van der Waals surface area contributed by atoms with E-state index in [0.717, 1.165) is 53.6 Å². The van der Waals surface area contributed by atoms with Gasteiger partial charge in [-0.25, -0.2) is 4.98 Å². The molecule has 2 unspecified atom stereocenters. The van der Waals surface area contributed by atoms with Crippen molar-refractivity contribution in [1.82, 2.24) is 9.88 Å². The maximum Gasteiger partial charge on any atom is 0.416 e. The van der Waals surface area contributed by atoms with Crippen LogP contribution in [-0.2, 0) is 11.7 Å². The molecule has 5 aromatic carbocycles. The molecule has 1 fully saturated rings. The Labute approximate surface area is 266 Å². The van der Waals surface area contributed by atoms with Gasteiger partial charge in [0.2, 0.25) is 0 Å². The van der Waals surface area contributed by atoms with Gasteiger partial charge >= 0.3 is 6.18 Å². The number of benzene rings is 5. The summed E-state index contributed by atoms with van der Waals surface area (Å²) < 4.78 is 40.0. The van der Waals surface area contributed by atoms with Crippen molar-refractivity contribution in [2.24, 2.45) is 0 Å². The van der Waals surface area contributed by atoms with E-state index >= 15 is 0 Å². The Hall–Kier alpha value is -4.78. The highest BCUT2D eigenvalue weighted by atomic mass is 19.4. The number of fused-ring (bicyclic) bond motifs is 1. The second kappa shape index (κ2) is 12.2. The number of halogens is 3. The molecule has 0 radical (unpaired) electrons. The van der Waals surface area contributed by atoms with Crippen molar-refractivity contribution in [3.05, 3.63) is 173 Å². The second-order valence-electron chi connectivity index (χ2n) is 11.8. The molecule has 0 aliphatic carbocycles. The van der Waals surface area contributed by atoms with E-state index in [4.69, 9.17) is 4.98 Å². The highest BCUT2D eigenvalue weighted by Crippen LogP contribution is 2.48. The second-order valence-corrected chi connectivity index (χ2v) is 11.8. The molecule has 0 saturated carbocycles. The van der Waals surface area contributed by atoms with Crippen LogP contribution in [-0.4, -0.2) is 27.6 Å². The Morgan fingerprint density at radius 3 is 1.72 bits per heavy atom. The molecule has 0 bridgehead atoms. The van der Waals surface area contributed by atoms with Crippen molar-refractivity contribution in [3.63, 3.8) is 0 Å². The minimum absolute atomic E-state index is 0.271. The van der Waals surface area contributed by atoms with Crippen LogP contribution in [0.15, 0.2) is 146 Å². The molecule has 46 heavy (non-hydrogen) atoms. The SMILES string of the molecule is OC(c1cc(-c2ccc(C(F)(F)F)cc2)nc2ccccc12)C1CCCN1C(c1ccccc1)(c1ccccc1)c1ccccc1. The highest BCUT2D eigenvalue weighted by molar-refractivity contribution is 5.85. The molecule has 6 heteroatoms. The van der Waals surface area contributed by atoms with E-state index in [-0.39, 0.29) is 6.04 Å². The molecule has 6 aromatic rings. The van der Waals surface area contributed by atoms with E-state index in [1.165, 1.54) is 12.1 Å². The van der Waals surface area contributed by atoms with Gasteiger partial charge in [-0.05, 0) is 59.4 Å². The molecule has 230 valence electrons. The molecule has 3 nitrogen and oxygen atoms in total. The van der Waals surface area contributed by atoms with Crippen LogP contribution in [0.4, 0.5) is 13.2 Å². The number of alkyl halides is 3. The van der Waals surface area contributed by atoms with Gasteiger partial charge in [-0.15, -0.1) is 0 Å². The van der Waals surface area contributed by atoms with Gasteiger partial charge in [-0.1, -0.05) is 121 Å². The van der Waals surface area contributed by atoms with Gasteiger partial charge in [0.25, 0.3) is 0 Å². The summed E-state index contributed by atoms with van der Waals surface area (Å²) in [4.78, 5) is 7.26. The number of rotatable bonds is 7. The van der Waals surface area contributed by atoms with Crippen molar-refractivity contribution < 1.29 is 18.3 Å². The fourth-order valence-electron chi connectivity index (χ4n) is 7.20. The summed E-state index contributed by atoms with van der Waals surface area (Å²) in [6, 6.07) is 45.6. The van der Waals surface area contributed by atoms with Gasteiger partial charge in [0.1, 0.15) is 0 Å². The molecule has 2 heterocycles. The Kier molecular flexibility index (Phi) is 7.93. The fourth-order valence-corrected chi connectivity index (χ4v) is 7.20. The summed E-state index contributed by atoms with van der Waals surface area (Å²) >= 11 is 0. The topological polar surface area (TPSA) is 36.4 Å². The quantitative estimate of drug-likeness (QED) is 0.182. The van der Waals surface area contributed by atoms with Crippen LogP contribution < -0.4 is 0 Å². The number of aromatic nitrogens is 1. The third-order valence-electron chi connectivity index (χ3n) is 9.24. The van der Waals surface area contributed by atoms with Crippen LogP contribution in [0.2, 0.25) is 0 Å². The molecular weight excluding hydrogens is 581 g/mol. The van der Waals surface area contributed by atoms with E-state index in [9.17, 15) is 18.3 Å².